The Hall–Kier alpha value is -1.92. The van der Waals surface area contributed by atoms with Gasteiger partial charge in [0.05, 0.1) is 25.8 Å². The second-order valence-corrected chi connectivity index (χ2v) is 8.07. The molecule has 5 nitrogen and oxygen atoms in total. The second kappa shape index (κ2) is 6.91. The number of fused-ring (bicyclic) bond motifs is 5. The van der Waals surface area contributed by atoms with Gasteiger partial charge in [0.15, 0.2) is 11.5 Å². The summed E-state index contributed by atoms with van der Waals surface area (Å²) in [5.74, 6) is 2.45. The highest BCUT2D eigenvalue weighted by Crippen LogP contribution is 2.52. The number of hydrogen-bond donors (Lipinski definition) is 1. The van der Waals surface area contributed by atoms with Crippen LogP contribution in [0.3, 0.4) is 0 Å². The van der Waals surface area contributed by atoms with Crippen molar-refractivity contribution in [3.8, 4) is 23.0 Å². The highest BCUT2D eigenvalue weighted by Gasteiger charge is 2.41. The van der Waals surface area contributed by atoms with E-state index in [2.05, 4.69) is 33.9 Å². The Morgan fingerprint density at radius 3 is 2.44 bits per heavy atom. The van der Waals surface area contributed by atoms with E-state index in [9.17, 15) is 5.11 Å². The van der Waals surface area contributed by atoms with Crippen LogP contribution in [0.15, 0.2) is 22.7 Å². The number of halogens is 1. The smallest absolute Gasteiger partial charge is 0.203 e. The van der Waals surface area contributed by atoms with Gasteiger partial charge in [0, 0.05) is 24.1 Å². The number of methoxy groups -OCH3 is 3. The van der Waals surface area contributed by atoms with E-state index < -0.39 is 0 Å². The molecule has 1 aliphatic carbocycles. The third-order valence-electron chi connectivity index (χ3n) is 5.91. The summed E-state index contributed by atoms with van der Waals surface area (Å²) in [5.41, 5.74) is 4.76. The number of hydrogen-bond acceptors (Lipinski definition) is 5. The molecule has 0 spiro atoms. The van der Waals surface area contributed by atoms with Gasteiger partial charge >= 0.3 is 0 Å². The van der Waals surface area contributed by atoms with E-state index in [4.69, 9.17) is 14.2 Å². The van der Waals surface area contributed by atoms with Crippen LogP contribution in [0, 0.1) is 0 Å². The zero-order valence-electron chi connectivity index (χ0n) is 16.0. The highest BCUT2D eigenvalue weighted by atomic mass is 79.9. The van der Waals surface area contributed by atoms with Gasteiger partial charge in [-0.15, -0.1) is 0 Å². The normalized spacial score (nSPS) is 21.1. The molecular formula is C21H24BrNO4. The Bertz CT molecular complexity index is 898. The molecule has 0 bridgehead atoms. The molecule has 1 aliphatic heterocycles. The van der Waals surface area contributed by atoms with Crippen LogP contribution in [-0.2, 0) is 13.0 Å². The molecule has 1 heterocycles. The van der Waals surface area contributed by atoms with Crippen LogP contribution in [0.4, 0.5) is 0 Å². The van der Waals surface area contributed by atoms with Crippen molar-refractivity contribution in [2.45, 2.75) is 31.3 Å². The Kier molecular flexibility index (Phi) is 4.72. The number of aromatic hydroxyl groups is 1. The second-order valence-electron chi connectivity index (χ2n) is 7.21. The predicted octanol–water partition coefficient (Wildman–Crippen LogP) is 4.07. The van der Waals surface area contributed by atoms with E-state index in [1.54, 1.807) is 21.3 Å². The monoisotopic (exact) mass is 433 g/mol. The molecule has 0 aromatic heterocycles. The number of phenols is 1. The number of rotatable bonds is 3. The minimum Gasteiger partial charge on any atom is -0.507 e. The summed E-state index contributed by atoms with van der Waals surface area (Å²) in [6, 6.07) is 6.40. The van der Waals surface area contributed by atoms with Crippen molar-refractivity contribution in [1.82, 2.24) is 4.90 Å². The lowest BCUT2D eigenvalue weighted by Crippen LogP contribution is -2.44. The SMILES string of the molecule is COc1cc2c(c(OC)c1OC)CN(C)[C@@H]1CCc3cc(Br)c(O)cc3[C@@H]21. The molecule has 2 aromatic rings. The molecule has 6 heteroatoms. The van der Waals surface area contributed by atoms with E-state index in [-0.39, 0.29) is 11.7 Å². The van der Waals surface area contributed by atoms with Gasteiger partial charge in [-0.2, -0.15) is 0 Å². The first-order chi connectivity index (χ1) is 13.0. The van der Waals surface area contributed by atoms with Crippen LogP contribution in [0.2, 0.25) is 0 Å². The number of benzene rings is 2. The molecule has 0 radical (unpaired) electrons. The van der Waals surface area contributed by atoms with Gasteiger partial charge in [-0.3, -0.25) is 4.90 Å². The zero-order valence-corrected chi connectivity index (χ0v) is 17.6. The molecule has 4 rings (SSSR count). The maximum atomic E-state index is 10.3. The Labute approximate surface area is 168 Å². The minimum atomic E-state index is 0.148. The average molecular weight is 434 g/mol. The molecule has 2 aromatic carbocycles. The average Bonchev–Trinajstić information content (AvgIpc) is 2.67. The molecule has 0 amide bonds. The number of likely N-dealkylation sites (N-methyl/N-ethyl adjacent to an activating group) is 1. The van der Waals surface area contributed by atoms with Crippen LogP contribution in [-0.4, -0.2) is 44.4 Å². The highest BCUT2D eigenvalue weighted by molar-refractivity contribution is 9.10. The summed E-state index contributed by atoms with van der Waals surface area (Å²) < 4.78 is 17.7. The van der Waals surface area contributed by atoms with Crippen LogP contribution in [0.5, 0.6) is 23.0 Å². The molecule has 2 atom stereocenters. The molecule has 1 N–H and O–H groups in total. The Balaban J connectivity index is 1.99. The third kappa shape index (κ3) is 2.77. The van der Waals surface area contributed by atoms with E-state index >= 15 is 0 Å². The number of phenolic OH excluding ortho intramolecular Hbond substituents is 1. The van der Waals surface area contributed by atoms with Gasteiger partial charge in [-0.25, -0.2) is 0 Å². The Morgan fingerprint density at radius 2 is 1.78 bits per heavy atom. The summed E-state index contributed by atoms with van der Waals surface area (Å²) in [6.07, 6.45) is 2.07. The standard InChI is InChI=1S/C21H24BrNO4/c1-23-10-14-13(9-18(25-2)21(27-4)20(14)26-3)19-12-8-17(24)15(22)7-11(12)5-6-16(19)23/h7-9,16,19,24H,5-6,10H2,1-4H3/t16-,19+/m1/s1. The summed E-state index contributed by atoms with van der Waals surface area (Å²) in [5, 5.41) is 10.3. The van der Waals surface area contributed by atoms with Crippen molar-refractivity contribution in [3.63, 3.8) is 0 Å². The van der Waals surface area contributed by atoms with Gasteiger partial charge in [-0.1, -0.05) is 0 Å². The first-order valence-corrected chi connectivity index (χ1v) is 9.82. The lowest BCUT2D eigenvalue weighted by molar-refractivity contribution is 0.174. The summed E-state index contributed by atoms with van der Waals surface area (Å²) in [6.45, 7) is 0.790. The van der Waals surface area contributed by atoms with Gasteiger partial charge < -0.3 is 19.3 Å². The van der Waals surface area contributed by atoms with Crippen molar-refractivity contribution in [3.05, 3.63) is 44.9 Å². The van der Waals surface area contributed by atoms with Gasteiger partial charge in [0.1, 0.15) is 5.75 Å². The van der Waals surface area contributed by atoms with Crippen molar-refractivity contribution in [2.24, 2.45) is 0 Å². The molecule has 0 saturated heterocycles. The fourth-order valence-electron chi connectivity index (χ4n) is 4.69. The molecular weight excluding hydrogens is 410 g/mol. The number of aryl methyl sites for hydroxylation is 1. The maximum absolute atomic E-state index is 10.3. The van der Waals surface area contributed by atoms with Gasteiger partial charge in [0.2, 0.25) is 5.75 Å². The summed E-state index contributed by atoms with van der Waals surface area (Å²) in [4.78, 5) is 2.38. The van der Waals surface area contributed by atoms with Crippen LogP contribution in [0.1, 0.15) is 34.6 Å². The van der Waals surface area contributed by atoms with Crippen LogP contribution in [0.25, 0.3) is 0 Å². The molecule has 0 unspecified atom stereocenters. The number of ether oxygens (including phenoxy) is 3. The van der Waals surface area contributed by atoms with Gasteiger partial charge in [-0.05, 0) is 70.7 Å². The zero-order chi connectivity index (χ0) is 19.3. The maximum Gasteiger partial charge on any atom is 0.203 e. The van der Waals surface area contributed by atoms with E-state index in [1.165, 1.54) is 16.7 Å². The lowest BCUT2D eigenvalue weighted by atomic mass is 9.71. The lowest BCUT2D eigenvalue weighted by Gasteiger charge is -2.45. The van der Waals surface area contributed by atoms with Crippen LogP contribution >= 0.6 is 15.9 Å². The largest absolute Gasteiger partial charge is 0.507 e. The van der Waals surface area contributed by atoms with E-state index in [0.717, 1.165) is 35.2 Å². The van der Waals surface area contributed by atoms with Crippen LogP contribution < -0.4 is 14.2 Å². The van der Waals surface area contributed by atoms with Crippen molar-refractivity contribution >= 4 is 15.9 Å². The topological polar surface area (TPSA) is 51.2 Å². The first-order valence-electron chi connectivity index (χ1n) is 9.03. The first kappa shape index (κ1) is 18.4. The molecule has 27 heavy (non-hydrogen) atoms. The van der Waals surface area contributed by atoms with Crippen molar-refractivity contribution in [1.29, 1.82) is 0 Å². The van der Waals surface area contributed by atoms with E-state index in [0.29, 0.717) is 17.5 Å². The Morgan fingerprint density at radius 1 is 1.04 bits per heavy atom. The molecule has 2 aliphatic rings. The fraction of sp³-hybridized carbons (Fsp3) is 0.429. The summed E-state index contributed by atoms with van der Waals surface area (Å²) >= 11 is 3.45. The number of nitrogens with zero attached hydrogens (tertiary/aromatic N) is 1. The molecule has 144 valence electrons. The quantitative estimate of drug-likeness (QED) is 0.790. The third-order valence-corrected chi connectivity index (χ3v) is 6.55. The van der Waals surface area contributed by atoms with Gasteiger partial charge in [0.25, 0.3) is 0 Å². The minimum absolute atomic E-state index is 0.148. The molecule has 0 saturated carbocycles. The fourth-order valence-corrected chi connectivity index (χ4v) is 5.08. The molecule has 0 fully saturated rings. The predicted molar refractivity (Wildman–Crippen MR) is 107 cm³/mol. The van der Waals surface area contributed by atoms with Crippen molar-refractivity contribution < 1.29 is 19.3 Å². The van der Waals surface area contributed by atoms with E-state index in [1.807, 2.05) is 12.1 Å². The van der Waals surface area contributed by atoms with Crippen molar-refractivity contribution in [2.75, 3.05) is 28.4 Å². The summed E-state index contributed by atoms with van der Waals surface area (Å²) in [7, 11) is 7.10.